The van der Waals surface area contributed by atoms with Gasteiger partial charge in [0.05, 0.1) is 74.2 Å². The van der Waals surface area contributed by atoms with Gasteiger partial charge >= 0.3 is 47.8 Å². The number of ether oxygens (including phenoxy) is 16. The number of benzene rings is 2. The molecule has 0 aliphatic carbocycles. The lowest BCUT2D eigenvalue weighted by atomic mass is 9.76. The summed E-state index contributed by atoms with van der Waals surface area (Å²) < 4.78 is 105. The second-order valence-electron chi connectivity index (χ2n) is 35.4. The third kappa shape index (κ3) is 34.8. The highest BCUT2D eigenvalue weighted by atomic mass is 16.8. The molecular formula is C97H150N2O26. The van der Waals surface area contributed by atoms with Crippen LogP contribution in [0.25, 0.3) is 0 Å². The zero-order valence-corrected chi connectivity index (χ0v) is 77.2. The SMILES string of the molecule is CCCCCCCCCCCCC/C=C/[C@H]1OC(=O)CCC(=O)OC[C@@H]2O[C@@H](OC[C@@H]1NC(=O)CCCCCCCCCCCCCCCCC)C(OC(=O)c1ccccc1)C(C)[C@@H]2O[C@@H]1OC(COC(=O)c2ccccc2)[C@H](O[C@@H]2OC(COC(C)=O)[C@H](C)[C@H](C)C2NC(C)=O)[C@H](O[C@]2(C(=O)OC)CC(C)[C@H](C)[C@H]([C@H](C)[C@@H](COC(C)=O)OC(C)=O)O2)C1C. The zero-order valence-electron chi connectivity index (χ0n) is 77.2. The Morgan fingerprint density at radius 2 is 1.07 bits per heavy atom. The molecule has 2 amide bonds. The Bertz CT molecular complexity index is 3580. The molecule has 28 heteroatoms. The molecule has 7 rings (SSSR count). The molecule has 125 heavy (non-hydrogen) atoms. The van der Waals surface area contributed by atoms with E-state index in [2.05, 4.69) is 24.5 Å². The zero-order chi connectivity index (χ0) is 90.8. The Morgan fingerprint density at radius 1 is 0.536 bits per heavy atom. The first kappa shape index (κ1) is 105. The molecule has 5 heterocycles. The minimum Gasteiger partial charge on any atom is -0.465 e. The monoisotopic (exact) mass is 1760 g/mol. The molecule has 23 atom stereocenters. The van der Waals surface area contributed by atoms with E-state index < -0.39 is 213 Å². The number of methoxy groups -OCH3 is 1. The van der Waals surface area contributed by atoms with Gasteiger partial charge in [-0.3, -0.25) is 33.6 Å². The summed E-state index contributed by atoms with van der Waals surface area (Å²) in [5.74, 6) is -14.1. The van der Waals surface area contributed by atoms with E-state index in [0.29, 0.717) is 12.8 Å². The number of esters is 8. The molecule has 0 saturated carbocycles. The molecule has 2 aromatic carbocycles. The maximum absolute atomic E-state index is 15.4. The first-order valence-electron chi connectivity index (χ1n) is 46.9. The first-order valence-corrected chi connectivity index (χ1v) is 46.9. The molecule has 28 nitrogen and oxygen atoms in total. The molecule has 5 aliphatic heterocycles. The van der Waals surface area contributed by atoms with Crippen LogP contribution >= 0.6 is 0 Å². The second kappa shape index (κ2) is 56.1. The molecule has 2 aromatic rings. The van der Waals surface area contributed by atoms with E-state index in [1.54, 1.807) is 87.5 Å². The number of hydrogen-bond donors (Lipinski definition) is 2. The lowest BCUT2D eigenvalue weighted by Gasteiger charge is -2.54. The van der Waals surface area contributed by atoms with Gasteiger partial charge in [-0.1, -0.05) is 259 Å². The van der Waals surface area contributed by atoms with Crippen LogP contribution in [0.3, 0.4) is 0 Å². The minimum absolute atomic E-state index is 0.156. The van der Waals surface area contributed by atoms with Gasteiger partial charge in [0.15, 0.2) is 25.0 Å². The fourth-order valence-electron chi connectivity index (χ4n) is 17.4. The molecular weight excluding hydrogens is 1610 g/mol. The van der Waals surface area contributed by atoms with Crippen molar-refractivity contribution in [1.82, 2.24) is 10.6 Å². The normalized spacial score (nSPS) is 29.0. The molecule has 0 radical (unpaired) electrons. The maximum Gasteiger partial charge on any atom is 0.366 e. The highest BCUT2D eigenvalue weighted by Crippen LogP contribution is 2.47. The first-order chi connectivity index (χ1) is 60.1. The Labute approximate surface area is 742 Å². The topological polar surface area (TPSA) is 342 Å². The van der Waals surface area contributed by atoms with Crippen molar-refractivity contribution in [2.45, 2.75) is 387 Å². The summed E-state index contributed by atoms with van der Waals surface area (Å²) >= 11 is 0. The Morgan fingerprint density at radius 3 is 1.63 bits per heavy atom. The van der Waals surface area contributed by atoms with Gasteiger partial charge in [0.2, 0.25) is 11.8 Å². The average molecular weight is 1760 g/mol. The quantitative estimate of drug-likeness (QED) is 0.0269. The van der Waals surface area contributed by atoms with Crippen LogP contribution in [0.15, 0.2) is 72.8 Å². The smallest absolute Gasteiger partial charge is 0.366 e. The summed E-state index contributed by atoms with van der Waals surface area (Å²) in [6, 6.07) is 14.4. The number of cyclic esters (lactones) is 2. The van der Waals surface area contributed by atoms with E-state index in [0.717, 1.165) is 58.5 Å². The van der Waals surface area contributed by atoms with Crippen molar-refractivity contribution in [1.29, 1.82) is 0 Å². The van der Waals surface area contributed by atoms with Gasteiger partial charge in [-0.05, 0) is 73.3 Å². The van der Waals surface area contributed by atoms with E-state index in [-0.39, 0.29) is 55.6 Å². The predicted molar refractivity (Wildman–Crippen MR) is 466 cm³/mol. The fourth-order valence-corrected chi connectivity index (χ4v) is 17.4. The van der Waals surface area contributed by atoms with Gasteiger partial charge in [-0.2, -0.15) is 0 Å². The molecule has 2 bridgehead atoms. The van der Waals surface area contributed by atoms with Crippen molar-refractivity contribution in [3.8, 4) is 0 Å². The summed E-state index contributed by atoms with van der Waals surface area (Å²) in [5.41, 5.74) is 0.320. The van der Waals surface area contributed by atoms with E-state index in [4.69, 9.17) is 75.8 Å². The number of nitrogens with one attached hydrogen (secondary N) is 2. The summed E-state index contributed by atoms with van der Waals surface area (Å²) in [4.78, 5) is 139. The number of carbonyl (C=O) groups is 10. The number of carbonyl (C=O) groups excluding carboxylic acids is 10. The van der Waals surface area contributed by atoms with Gasteiger partial charge in [0.25, 0.3) is 5.79 Å². The molecule has 5 saturated heterocycles. The predicted octanol–water partition coefficient (Wildman–Crippen LogP) is 16.3. The van der Waals surface area contributed by atoms with Crippen LogP contribution in [-0.4, -0.2) is 197 Å². The number of allylic oxidation sites excluding steroid dienone is 1. The third-order valence-corrected chi connectivity index (χ3v) is 25.3. The van der Waals surface area contributed by atoms with Crippen molar-refractivity contribution in [3.05, 3.63) is 83.9 Å². The van der Waals surface area contributed by atoms with E-state index in [9.17, 15) is 43.2 Å². The second-order valence-corrected chi connectivity index (χ2v) is 35.4. The Balaban J connectivity index is 1.30. The summed E-state index contributed by atoms with van der Waals surface area (Å²) in [7, 11) is 1.15. The Kier molecular flexibility index (Phi) is 47.0. The van der Waals surface area contributed by atoms with Gasteiger partial charge in [0, 0.05) is 58.3 Å². The van der Waals surface area contributed by atoms with E-state index in [1.165, 1.54) is 137 Å². The molecule has 0 spiro atoms. The molecule has 7 unspecified atom stereocenters. The lowest BCUT2D eigenvalue weighted by Crippen LogP contribution is -2.67. The van der Waals surface area contributed by atoms with E-state index in [1.807, 2.05) is 33.8 Å². The standard InChI is InChI=1S/C97H150N2O26/c1-15-17-19-21-23-25-27-29-30-32-34-36-38-40-48-54-82(104)99-76-58-115-95-89(121-92(108)75-51-45-42-46-52-75)68(8)87(80(120-95)61-113-83(105)55-56-84(106)117-77(76)53-47-39-37-35-33-31-28-26-24-22-20-18-16-2)122-93-69(9)88(125-97(96(109)110-14)57-63(3)64(4)86(124-97)67(7)79(116-73(13)103)60-112-72(12)102)90(81(119-93)62-114-91(107)74-49-43-41-44-50-74)123-94-85(98-70(10)100)66(6)65(5)78(118-94)59-111-71(11)101/h41-47,49-53,63-69,76-81,85-90,93-95H,15-40,48,54-62H2,1-14H3,(H,98,100)(H,99,104)/b53-47+/t63?,64-,65+,66-,67+,68?,69?,76-,77+,78?,79+,80-,81?,85?,86+,87-,88+,89?,90-,93-,94-,95+,97-/m0/s1. The van der Waals surface area contributed by atoms with E-state index >= 15 is 4.79 Å². The summed E-state index contributed by atoms with van der Waals surface area (Å²) in [6.45, 7) is 19.9. The number of rotatable bonds is 50. The van der Waals surface area contributed by atoms with Crippen molar-refractivity contribution in [2.24, 2.45) is 41.4 Å². The number of unbranched alkanes of at least 4 members (excludes halogenated alkanes) is 25. The molecule has 5 fully saturated rings. The van der Waals surface area contributed by atoms with Crippen molar-refractivity contribution in [2.75, 3.05) is 40.1 Å². The van der Waals surface area contributed by atoms with Gasteiger partial charge in [-0.25, -0.2) is 14.4 Å². The number of hydrogen-bond acceptors (Lipinski definition) is 26. The summed E-state index contributed by atoms with van der Waals surface area (Å²) in [6.07, 6.45) is 16.1. The highest BCUT2D eigenvalue weighted by Gasteiger charge is 2.61. The van der Waals surface area contributed by atoms with Crippen molar-refractivity contribution < 1.29 is 124 Å². The van der Waals surface area contributed by atoms with Crippen LogP contribution in [-0.2, 0) is 114 Å². The summed E-state index contributed by atoms with van der Waals surface area (Å²) in [5, 5.41) is 6.17. The van der Waals surface area contributed by atoms with Crippen LogP contribution < -0.4 is 10.6 Å². The van der Waals surface area contributed by atoms with Gasteiger partial charge in [-0.15, -0.1) is 0 Å². The molecule has 0 aromatic heterocycles. The van der Waals surface area contributed by atoms with Gasteiger partial charge < -0.3 is 86.4 Å². The van der Waals surface area contributed by atoms with Crippen LogP contribution in [0.1, 0.15) is 310 Å². The molecule has 5 aliphatic rings. The van der Waals surface area contributed by atoms with Crippen LogP contribution in [0.5, 0.6) is 0 Å². The number of amides is 2. The maximum atomic E-state index is 15.4. The number of fused-ring (bicyclic) bond motifs is 2. The minimum atomic E-state index is -2.42. The molecule has 704 valence electrons. The fraction of sp³-hybridized carbons (Fsp3) is 0.753. The van der Waals surface area contributed by atoms with Crippen LogP contribution in [0.4, 0.5) is 0 Å². The molecule has 2 N–H and O–H groups in total. The van der Waals surface area contributed by atoms with Crippen LogP contribution in [0, 0.1) is 41.4 Å². The van der Waals surface area contributed by atoms with Crippen LogP contribution in [0.2, 0.25) is 0 Å². The largest absolute Gasteiger partial charge is 0.465 e. The van der Waals surface area contributed by atoms with Crippen molar-refractivity contribution in [3.63, 3.8) is 0 Å². The highest BCUT2D eigenvalue weighted by molar-refractivity contribution is 5.90. The van der Waals surface area contributed by atoms with Gasteiger partial charge in [0.1, 0.15) is 56.9 Å². The average Bonchev–Trinajstić information content (AvgIpc) is 0.743. The van der Waals surface area contributed by atoms with Crippen molar-refractivity contribution >= 4 is 59.6 Å². The Hall–Kier alpha value is -7.44. The lowest BCUT2D eigenvalue weighted by molar-refractivity contribution is -0.389. The third-order valence-electron chi connectivity index (χ3n) is 25.3.